The summed E-state index contributed by atoms with van der Waals surface area (Å²) in [5.74, 6) is -0.351. The van der Waals surface area contributed by atoms with Gasteiger partial charge < -0.3 is 20.2 Å². The van der Waals surface area contributed by atoms with Crippen LogP contribution in [0.5, 0.6) is 0 Å². The molecule has 2 heterocycles. The monoisotopic (exact) mass is 309 g/mol. The predicted molar refractivity (Wildman–Crippen MR) is 76.3 cm³/mol. The summed E-state index contributed by atoms with van der Waals surface area (Å²) in [6, 6.07) is 2.89. The Morgan fingerprint density at radius 3 is 2.86 bits per heavy atom. The van der Waals surface area contributed by atoms with Crippen molar-refractivity contribution in [3.8, 4) is 0 Å². The van der Waals surface area contributed by atoms with Gasteiger partial charge in [0.2, 0.25) is 0 Å². The molecule has 0 aliphatic heterocycles. The van der Waals surface area contributed by atoms with Gasteiger partial charge in [-0.1, -0.05) is 0 Å². The fourth-order valence-electron chi connectivity index (χ4n) is 1.74. The minimum Gasteiger partial charge on any atom is -0.477 e. The van der Waals surface area contributed by atoms with E-state index in [-0.39, 0.29) is 23.5 Å². The van der Waals surface area contributed by atoms with Gasteiger partial charge in [-0.3, -0.25) is 0 Å². The third kappa shape index (κ3) is 3.82. The highest BCUT2D eigenvalue weighted by molar-refractivity contribution is 7.13. The normalized spacial score (nSPS) is 11.9. The van der Waals surface area contributed by atoms with Gasteiger partial charge in [-0.15, -0.1) is 11.3 Å². The molecule has 2 aromatic rings. The van der Waals surface area contributed by atoms with Crippen LogP contribution in [0, 0.1) is 6.92 Å². The minimum atomic E-state index is -1.01. The summed E-state index contributed by atoms with van der Waals surface area (Å²) in [5.41, 5.74) is 0.452. The Morgan fingerprint density at radius 1 is 1.52 bits per heavy atom. The van der Waals surface area contributed by atoms with Crippen LogP contribution in [0.15, 0.2) is 22.8 Å². The first-order chi connectivity index (χ1) is 9.97. The highest BCUT2D eigenvalue weighted by Crippen LogP contribution is 2.17. The molecule has 0 radical (unpaired) electrons. The van der Waals surface area contributed by atoms with Crippen molar-refractivity contribution in [2.45, 2.75) is 26.4 Å². The Labute approximate surface area is 125 Å². The molecule has 0 saturated heterocycles. The molecule has 0 saturated carbocycles. The van der Waals surface area contributed by atoms with Crippen LogP contribution in [0.3, 0.4) is 0 Å². The standard InChI is InChI=1S/C13H15N3O4S/c1-7(9-4-3-5-20-9)16-13(19)14-6-10-15-8(2)11(21-10)12(17)18/h3-5,7H,6H2,1-2H3,(H,17,18)(H2,14,16,19). The molecule has 112 valence electrons. The highest BCUT2D eigenvalue weighted by atomic mass is 32.1. The SMILES string of the molecule is Cc1nc(CNC(=O)NC(C)c2ccco2)sc1C(=O)O. The van der Waals surface area contributed by atoms with E-state index in [2.05, 4.69) is 15.6 Å². The van der Waals surface area contributed by atoms with Crippen LogP contribution in [0.1, 0.15) is 39.1 Å². The largest absolute Gasteiger partial charge is 0.477 e. The molecule has 2 amide bonds. The Balaban J connectivity index is 1.86. The van der Waals surface area contributed by atoms with E-state index in [1.165, 1.54) is 6.26 Å². The fourth-order valence-corrected chi connectivity index (χ4v) is 2.58. The lowest BCUT2D eigenvalue weighted by molar-refractivity contribution is 0.0701. The lowest BCUT2D eigenvalue weighted by Gasteiger charge is -2.11. The summed E-state index contributed by atoms with van der Waals surface area (Å²) in [7, 11) is 0. The first-order valence-corrected chi connectivity index (χ1v) is 7.06. The smallest absolute Gasteiger partial charge is 0.347 e. The second-order valence-electron chi connectivity index (χ2n) is 4.39. The number of urea groups is 1. The van der Waals surface area contributed by atoms with Gasteiger partial charge >= 0.3 is 12.0 Å². The van der Waals surface area contributed by atoms with Crippen LogP contribution in [0.4, 0.5) is 4.79 Å². The van der Waals surface area contributed by atoms with Gasteiger partial charge in [-0.25, -0.2) is 14.6 Å². The Hall–Kier alpha value is -2.35. The topological polar surface area (TPSA) is 104 Å². The predicted octanol–water partition coefficient (Wildman–Crippen LogP) is 2.30. The van der Waals surface area contributed by atoms with E-state index in [1.54, 1.807) is 26.0 Å². The van der Waals surface area contributed by atoms with Crippen LogP contribution >= 0.6 is 11.3 Å². The van der Waals surface area contributed by atoms with Gasteiger partial charge in [-0.2, -0.15) is 0 Å². The zero-order valence-corrected chi connectivity index (χ0v) is 12.4. The number of hydrogen-bond acceptors (Lipinski definition) is 5. The van der Waals surface area contributed by atoms with Gasteiger partial charge in [0, 0.05) is 0 Å². The van der Waals surface area contributed by atoms with Crippen LogP contribution in [0.25, 0.3) is 0 Å². The lowest BCUT2D eigenvalue weighted by Crippen LogP contribution is -2.36. The second kappa shape index (κ2) is 6.40. The van der Waals surface area contributed by atoms with Crippen LogP contribution < -0.4 is 10.6 Å². The van der Waals surface area contributed by atoms with Gasteiger partial charge in [-0.05, 0) is 26.0 Å². The van der Waals surface area contributed by atoms with E-state index >= 15 is 0 Å². The van der Waals surface area contributed by atoms with E-state index in [4.69, 9.17) is 9.52 Å². The van der Waals surface area contributed by atoms with Crippen molar-refractivity contribution in [2.24, 2.45) is 0 Å². The molecule has 2 rings (SSSR count). The van der Waals surface area contributed by atoms with Gasteiger partial charge in [0.1, 0.15) is 15.6 Å². The van der Waals surface area contributed by atoms with Crippen molar-refractivity contribution < 1.29 is 19.1 Å². The maximum absolute atomic E-state index is 11.7. The van der Waals surface area contributed by atoms with Crippen molar-refractivity contribution in [1.82, 2.24) is 15.6 Å². The molecule has 21 heavy (non-hydrogen) atoms. The molecule has 0 fully saturated rings. The first-order valence-electron chi connectivity index (χ1n) is 6.24. The second-order valence-corrected chi connectivity index (χ2v) is 5.48. The maximum Gasteiger partial charge on any atom is 0.347 e. The number of rotatable bonds is 5. The lowest BCUT2D eigenvalue weighted by atomic mass is 10.2. The number of carboxylic acids is 1. The number of aromatic carboxylic acids is 1. The van der Waals surface area contributed by atoms with Crippen LogP contribution in [0.2, 0.25) is 0 Å². The quantitative estimate of drug-likeness (QED) is 0.786. The number of furan rings is 1. The number of carboxylic acid groups (broad SMARTS) is 1. The number of nitrogens with one attached hydrogen (secondary N) is 2. The molecule has 8 heteroatoms. The van der Waals surface area contributed by atoms with Crippen LogP contribution in [-0.4, -0.2) is 22.1 Å². The van der Waals surface area contributed by atoms with E-state index in [0.29, 0.717) is 16.5 Å². The number of nitrogens with zero attached hydrogens (tertiary/aromatic N) is 1. The molecule has 1 atom stereocenters. The molecule has 2 aromatic heterocycles. The number of aryl methyl sites for hydroxylation is 1. The van der Waals surface area contributed by atoms with Crippen LogP contribution in [-0.2, 0) is 6.54 Å². The molecule has 0 spiro atoms. The van der Waals surface area contributed by atoms with Crippen molar-refractivity contribution in [1.29, 1.82) is 0 Å². The zero-order chi connectivity index (χ0) is 15.4. The molecule has 7 nitrogen and oxygen atoms in total. The summed E-state index contributed by atoms with van der Waals surface area (Å²) in [4.78, 5) is 27.0. The molecular formula is C13H15N3O4S. The third-order valence-electron chi connectivity index (χ3n) is 2.75. The molecule has 0 aliphatic carbocycles. The molecule has 1 unspecified atom stereocenters. The van der Waals surface area contributed by atoms with Gasteiger partial charge in [0.15, 0.2) is 0 Å². The Kier molecular flexibility index (Phi) is 4.59. The summed E-state index contributed by atoms with van der Waals surface area (Å²) in [5, 5.41) is 14.8. The number of aromatic nitrogens is 1. The van der Waals surface area contributed by atoms with Crippen molar-refractivity contribution in [3.05, 3.63) is 39.7 Å². The molecule has 3 N–H and O–H groups in total. The average Bonchev–Trinajstić information content (AvgIpc) is 3.05. The number of thiazole rings is 1. The highest BCUT2D eigenvalue weighted by Gasteiger charge is 2.15. The fraction of sp³-hybridized carbons (Fsp3) is 0.308. The molecule has 0 aliphatic rings. The summed E-state index contributed by atoms with van der Waals surface area (Å²) in [6.45, 7) is 3.60. The summed E-state index contributed by atoms with van der Waals surface area (Å²) in [6.07, 6.45) is 1.54. The van der Waals surface area contributed by atoms with E-state index < -0.39 is 5.97 Å². The summed E-state index contributed by atoms with van der Waals surface area (Å²) >= 11 is 1.05. The molecule has 0 bridgehead atoms. The van der Waals surface area contributed by atoms with E-state index in [9.17, 15) is 9.59 Å². The van der Waals surface area contributed by atoms with Gasteiger partial charge in [0.25, 0.3) is 0 Å². The first kappa shape index (κ1) is 15.0. The Bertz CT molecular complexity index is 636. The number of amides is 2. The maximum atomic E-state index is 11.7. The molecular weight excluding hydrogens is 294 g/mol. The number of carbonyl (C=O) groups is 2. The average molecular weight is 309 g/mol. The number of hydrogen-bond donors (Lipinski definition) is 3. The minimum absolute atomic E-state index is 0.176. The summed E-state index contributed by atoms with van der Waals surface area (Å²) < 4.78 is 5.19. The Morgan fingerprint density at radius 2 is 2.29 bits per heavy atom. The van der Waals surface area contributed by atoms with Crippen molar-refractivity contribution >= 4 is 23.3 Å². The number of carbonyl (C=O) groups excluding carboxylic acids is 1. The van der Waals surface area contributed by atoms with Crippen molar-refractivity contribution in [3.63, 3.8) is 0 Å². The third-order valence-corrected chi connectivity index (χ3v) is 3.90. The van der Waals surface area contributed by atoms with E-state index in [1.807, 2.05) is 0 Å². The molecule has 0 aromatic carbocycles. The van der Waals surface area contributed by atoms with Crippen molar-refractivity contribution in [2.75, 3.05) is 0 Å². The van der Waals surface area contributed by atoms with Gasteiger partial charge in [0.05, 0.1) is 24.5 Å². The zero-order valence-electron chi connectivity index (χ0n) is 11.5. The van der Waals surface area contributed by atoms with E-state index in [0.717, 1.165) is 11.3 Å².